The molecule has 0 radical (unpaired) electrons. The fourth-order valence-corrected chi connectivity index (χ4v) is 2.76. The van der Waals surface area contributed by atoms with Crippen LogP contribution in [0.2, 0.25) is 5.15 Å². The van der Waals surface area contributed by atoms with Crippen molar-refractivity contribution < 1.29 is 14.7 Å². The molecule has 2 aromatic rings. The number of halogens is 1. The number of nitrogens with zero attached hydrogens (tertiary/aromatic N) is 2. The van der Waals surface area contributed by atoms with Crippen molar-refractivity contribution in [2.75, 3.05) is 5.32 Å². The monoisotopic (exact) mass is 325 g/mol. The Labute approximate surface area is 130 Å². The van der Waals surface area contributed by atoms with E-state index in [2.05, 4.69) is 14.7 Å². The van der Waals surface area contributed by atoms with E-state index < -0.39 is 11.9 Å². The van der Waals surface area contributed by atoms with E-state index in [4.69, 9.17) is 16.7 Å². The molecule has 110 valence electrons. The summed E-state index contributed by atoms with van der Waals surface area (Å²) in [7, 11) is 0. The molecule has 0 unspecified atom stereocenters. The summed E-state index contributed by atoms with van der Waals surface area (Å²) in [5.41, 5.74) is 1.38. The van der Waals surface area contributed by atoms with Crippen LogP contribution in [0.3, 0.4) is 0 Å². The molecule has 0 saturated carbocycles. The molecule has 21 heavy (non-hydrogen) atoms. The van der Waals surface area contributed by atoms with Crippen molar-refractivity contribution >= 4 is 40.0 Å². The van der Waals surface area contributed by atoms with Crippen LogP contribution in [0.15, 0.2) is 12.1 Å². The number of aromatic nitrogens is 2. The van der Waals surface area contributed by atoms with Gasteiger partial charge >= 0.3 is 5.97 Å². The summed E-state index contributed by atoms with van der Waals surface area (Å²) in [6.45, 7) is 3.48. The molecule has 2 N–H and O–H groups in total. The molecule has 2 heterocycles. The zero-order chi connectivity index (χ0) is 15.6. The lowest BCUT2D eigenvalue weighted by Crippen LogP contribution is -2.14. The van der Waals surface area contributed by atoms with Crippen molar-refractivity contribution in [3.05, 3.63) is 39.8 Å². The standard InChI is InChI=1S/C13H12ClN3O3S/c1-3-8-4-7(5-9(14)15-8)11(18)16-12-10(13(19)20)6(2)17-21-12/h4-5H,3H2,1-2H3,(H,16,18)(H,19,20). The number of aryl methyl sites for hydroxylation is 2. The number of carbonyl (C=O) groups is 2. The molecule has 0 atom stereocenters. The summed E-state index contributed by atoms with van der Waals surface area (Å²) < 4.78 is 3.94. The maximum atomic E-state index is 12.2. The van der Waals surface area contributed by atoms with Crippen molar-refractivity contribution in [2.45, 2.75) is 20.3 Å². The molecule has 0 saturated heterocycles. The van der Waals surface area contributed by atoms with E-state index >= 15 is 0 Å². The number of pyridine rings is 1. The number of anilines is 1. The van der Waals surface area contributed by atoms with Gasteiger partial charge in [-0.15, -0.1) is 0 Å². The molecular formula is C13H12ClN3O3S. The summed E-state index contributed by atoms with van der Waals surface area (Å²) in [5, 5.41) is 12.1. The zero-order valence-electron chi connectivity index (χ0n) is 11.3. The smallest absolute Gasteiger partial charge is 0.340 e. The number of aromatic carboxylic acids is 1. The van der Waals surface area contributed by atoms with Crippen molar-refractivity contribution in [3.8, 4) is 0 Å². The van der Waals surface area contributed by atoms with Crippen LogP contribution in [-0.2, 0) is 6.42 Å². The van der Waals surface area contributed by atoms with Gasteiger partial charge in [0.25, 0.3) is 5.91 Å². The van der Waals surface area contributed by atoms with Crippen LogP contribution in [-0.4, -0.2) is 26.3 Å². The summed E-state index contributed by atoms with van der Waals surface area (Å²) >= 11 is 6.80. The normalized spacial score (nSPS) is 10.4. The van der Waals surface area contributed by atoms with Gasteiger partial charge in [-0.3, -0.25) is 4.79 Å². The highest BCUT2D eigenvalue weighted by atomic mass is 35.5. The average Bonchev–Trinajstić information content (AvgIpc) is 2.78. The van der Waals surface area contributed by atoms with Crippen molar-refractivity contribution in [1.29, 1.82) is 0 Å². The Hall–Kier alpha value is -1.99. The third kappa shape index (κ3) is 3.37. The minimum atomic E-state index is -1.13. The topological polar surface area (TPSA) is 92.2 Å². The molecule has 1 amide bonds. The Morgan fingerprint density at radius 1 is 1.43 bits per heavy atom. The second-order valence-electron chi connectivity index (χ2n) is 4.25. The molecule has 8 heteroatoms. The van der Waals surface area contributed by atoms with Crippen molar-refractivity contribution in [3.63, 3.8) is 0 Å². The Morgan fingerprint density at radius 2 is 2.14 bits per heavy atom. The fraction of sp³-hybridized carbons (Fsp3) is 0.231. The van der Waals surface area contributed by atoms with Crippen LogP contribution in [0.4, 0.5) is 5.00 Å². The quantitative estimate of drug-likeness (QED) is 0.843. The molecule has 2 aromatic heterocycles. The summed E-state index contributed by atoms with van der Waals surface area (Å²) in [5.74, 6) is -1.57. The van der Waals surface area contributed by atoms with Crippen molar-refractivity contribution in [2.24, 2.45) is 0 Å². The Bertz CT molecular complexity index is 715. The second-order valence-corrected chi connectivity index (χ2v) is 5.42. The number of rotatable bonds is 4. The number of nitrogens with one attached hydrogen (secondary N) is 1. The van der Waals surface area contributed by atoms with Gasteiger partial charge in [-0.25, -0.2) is 9.78 Å². The molecule has 0 bridgehead atoms. The van der Waals surface area contributed by atoms with Crippen molar-refractivity contribution in [1.82, 2.24) is 9.36 Å². The van der Waals surface area contributed by atoms with E-state index in [0.717, 1.165) is 11.5 Å². The average molecular weight is 326 g/mol. The van der Waals surface area contributed by atoms with Gasteiger partial charge in [0, 0.05) is 11.3 Å². The lowest BCUT2D eigenvalue weighted by atomic mass is 10.2. The first kappa shape index (κ1) is 15.4. The lowest BCUT2D eigenvalue weighted by Gasteiger charge is -2.06. The first-order valence-corrected chi connectivity index (χ1v) is 7.25. The summed E-state index contributed by atoms with van der Waals surface area (Å²) in [6, 6.07) is 3.06. The highest BCUT2D eigenvalue weighted by Crippen LogP contribution is 2.25. The van der Waals surface area contributed by atoms with E-state index in [9.17, 15) is 9.59 Å². The van der Waals surface area contributed by atoms with Crippen LogP contribution < -0.4 is 5.32 Å². The van der Waals surface area contributed by atoms with Gasteiger partial charge in [0.05, 0.1) is 5.69 Å². The van der Waals surface area contributed by atoms with Crippen LogP contribution in [0.1, 0.15) is 39.0 Å². The van der Waals surface area contributed by atoms with Gasteiger partial charge in [0.2, 0.25) is 0 Å². The number of hydrogen-bond donors (Lipinski definition) is 2. The van der Waals surface area contributed by atoms with E-state index in [1.165, 1.54) is 6.07 Å². The Balaban J connectivity index is 2.30. The molecule has 0 aliphatic carbocycles. The van der Waals surface area contributed by atoms with E-state index in [0.29, 0.717) is 23.4 Å². The molecule has 0 aliphatic heterocycles. The highest BCUT2D eigenvalue weighted by Gasteiger charge is 2.20. The van der Waals surface area contributed by atoms with Crippen LogP contribution in [0.25, 0.3) is 0 Å². The molecule has 2 rings (SSSR count). The van der Waals surface area contributed by atoms with Gasteiger partial charge in [-0.1, -0.05) is 18.5 Å². The lowest BCUT2D eigenvalue weighted by molar-refractivity contribution is 0.0697. The summed E-state index contributed by atoms with van der Waals surface area (Å²) in [6.07, 6.45) is 0.640. The molecule has 0 fully saturated rings. The number of amides is 1. The molecule has 0 aliphatic rings. The number of hydrogen-bond acceptors (Lipinski definition) is 5. The molecule has 0 spiro atoms. The van der Waals surface area contributed by atoms with Crippen LogP contribution >= 0.6 is 23.1 Å². The SMILES string of the molecule is CCc1cc(C(=O)Nc2snc(C)c2C(=O)O)cc(Cl)n1. The third-order valence-electron chi connectivity index (χ3n) is 2.78. The van der Waals surface area contributed by atoms with Crippen LogP contribution in [0, 0.1) is 6.92 Å². The first-order chi connectivity index (χ1) is 9.92. The number of carbonyl (C=O) groups excluding carboxylic acids is 1. The van der Waals surface area contributed by atoms with Gasteiger partial charge in [0.1, 0.15) is 15.7 Å². The predicted octanol–water partition coefficient (Wildman–Crippen LogP) is 3.01. The molecular weight excluding hydrogens is 314 g/mol. The minimum absolute atomic E-state index is 0.00391. The van der Waals surface area contributed by atoms with Gasteiger partial charge < -0.3 is 10.4 Å². The second kappa shape index (κ2) is 6.19. The molecule has 6 nitrogen and oxygen atoms in total. The number of carboxylic acids is 1. The Kier molecular flexibility index (Phi) is 4.54. The van der Waals surface area contributed by atoms with Gasteiger partial charge in [0.15, 0.2) is 0 Å². The fourth-order valence-electron chi connectivity index (χ4n) is 1.75. The number of carboxylic acid groups (broad SMARTS) is 1. The Morgan fingerprint density at radius 3 is 2.76 bits per heavy atom. The van der Waals surface area contributed by atoms with Crippen LogP contribution in [0.5, 0.6) is 0 Å². The van der Waals surface area contributed by atoms with E-state index in [1.807, 2.05) is 6.92 Å². The van der Waals surface area contributed by atoms with E-state index in [1.54, 1.807) is 13.0 Å². The maximum Gasteiger partial charge on any atom is 0.340 e. The predicted molar refractivity (Wildman–Crippen MR) is 80.4 cm³/mol. The van der Waals surface area contributed by atoms with Gasteiger partial charge in [-0.2, -0.15) is 4.37 Å². The molecule has 0 aromatic carbocycles. The van der Waals surface area contributed by atoms with Gasteiger partial charge in [-0.05, 0) is 37.0 Å². The zero-order valence-corrected chi connectivity index (χ0v) is 12.9. The first-order valence-electron chi connectivity index (χ1n) is 6.09. The maximum absolute atomic E-state index is 12.2. The highest BCUT2D eigenvalue weighted by molar-refractivity contribution is 7.11. The third-order valence-corrected chi connectivity index (χ3v) is 3.82. The minimum Gasteiger partial charge on any atom is -0.478 e. The largest absolute Gasteiger partial charge is 0.478 e. The summed E-state index contributed by atoms with van der Waals surface area (Å²) in [4.78, 5) is 27.4. The van der Waals surface area contributed by atoms with E-state index in [-0.39, 0.29) is 15.7 Å².